The Morgan fingerprint density at radius 3 is 2.76 bits per heavy atom. The Morgan fingerprint density at radius 1 is 1.47 bits per heavy atom. The van der Waals surface area contributed by atoms with Crippen LogP contribution in [0.2, 0.25) is 0 Å². The number of H-pyrrole nitrogens is 1. The van der Waals surface area contributed by atoms with Crippen LogP contribution in [-0.2, 0) is 16.3 Å². The molecule has 0 bridgehead atoms. The average molecular weight is 256 g/mol. The van der Waals surface area contributed by atoms with Gasteiger partial charge in [0.1, 0.15) is 0 Å². The SMILES string of the molecule is CCCc1cc(=O)n2nc(S(C)(=O)=O)nc2[nH]1. The van der Waals surface area contributed by atoms with Crippen molar-refractivity contribution in [3.8, 4) is 0 Å². The summed E-state index contributed by atoms with van der Waals surface area (Å²) < 4.78 is 23.5. The minimum absolute atomic E-state index is 0.154. The zero-order chi connectivity index (χ0) is 12.6. The summed E-state index contributed by atoms with van der Waals surface area (Å²) in [6.07, 6.45) is 2.57. The summed E-state index contributed by atoms with van der Waals surface area (Å²) in [6.45, 7) is 1.98. The normalized spacial score (nSPS) is 12.1. The maximum atomic E-state index is 11.7. The van der Waals surface area contributed by atoms with Crippen LogP contribution in [-0.4, -0.2) is 34.3 Å². The van der Waals surface area contributed by atoms with Crippen LogP contribution in [0.4, 0.5) is 0 Å². The third kappa shape index (κ3) is 2.21. The van der Waals surface area contributed by atoms with Crippen molar-refractivity contribution in [3.63, 3.8) is 0 Å². The fourth-order valence-corrected chi connectivity index (χ4v) is 1.96. The van der Waals surface area contributed by atoms with Crippen molar-refractivity contribution in [2.45, 2.75) is 24.9 Å². The molecule has 2 aromatic heterocycles. The van der Waals surface area contributed by atoms with Crippen LogP contribution in [0.3, 0.4) is 0 Å². The predicted molar refractivity (Wildman–Crippen MR) is 60.7 cm³/mol. The number of hydrogen-bond donors (Lipinski definition) is 1. The van der Waals surface area contributed by atoms with E-state index in [1.54, 1.807) is 0 Å². The van der Waals surface area contributed by atoms with Crippen LogP contribution in [0.1, 0.15) is 19.0 Å². The highest BCUT2D eigenvalue weighted by atomic mass is 32.2. The first kappa shape index (κ1) is 11.8. The van der Waals surface area contributed by atoms with E-state index >= 15 is 0 Å². The highest BCUT2D eigenvalue weighted by Crippen LogP contribution is 2.04. The van der Waals surface area contributed by atoms with E-state index in [0.29, 0.717) is 6.42 Å². The highest BCUT2D eigenvalue weighted by molar-refractivity contribution is 7.90. The Labute approximate surface area is 97.4 Å². The van der Waals surface area contributed by atoms with E-state index in [1.807, 2.05) is 6.92 Å². The van der Waals surface area contributed by atoms with Crippen molar-refractivity contribution in [3.05, 3.63) is 22.1 Å². The Morgan fingerprint density at radius 2 is 2.18 bits per heavy atom. The zero-order valence-electron chi connectivity index (χ0n) is 9.47. The van der Waals surface area contributed by atoms with E-state index in [2.05, 4.69) is 15.1 Å². The largest absolute Gasteiger partial charge is 0.327 e. The summed E-state index contributed by atoms with van der Waals surface area (Å²) in [6, 6.07) is 1.40. The van der Waals surface area contributed by atoms with Gasteiger partial charge in [0.15, 0.2) is 0 Å². The lowest BCUT2D eigenvalue weighted by Gasteiger charge is -1.97. The predicted octanol–water partition coefficient (Wildman–Crippen LogP) is -0.226. The summed E-state index contributed by atoms with van der Waals surface area (Å²) >= 11 is 0. The molecule has 0 atom stereocenters. The molecule has 0 saturated heterocycles. The van der Waals surface area contributed by atoms with E-state index in [1.165, 1.54) is 6.07 Å². The van der Waals surface area contributed by atoms with Crippen molar-refractivity contribution >= 4 is 15.6 Å². The minimum Gasteiger partial charge on any atom is -0.327 e. The lowest BCUT2D eigenvalue weighted by atomic mass is 10.2. The molecular formula is C9H12N4O3S. The van der Waals surface area contributed by atoms with Gasteiger partial charge in [-0.05, 0) is 6.42 Å². The summed E-state index contributed by atoms with van der Waals surface area (Å²) in [5.41, 5.74) is 0.335. The van der Waals surface area contributed by atoms with Crippen LogP contribution < -0.4 is 5.56 Å². The van der Waals surface area contributed by atoms with Crippen LogP contribution >= 0.6 is 0 Å². The number of nitrogens with one attached hydrogen (secondary N) is 1. The van der Waals surface area contributed by atoms with E-state index < -0.39 is 9.84 Å². The second-order valence-electron chi connectivity index (χ2n) is 3.78. The molecule has 1 N–H and O–H groups in total. The second kappa shape index (κ2) is 3.95. The number of nitrogens with zero attached hydrogens (tertiary/aromatic N) is 3. The number of hydrogen-bond acceptors (Lipinski definition) is 5. The van der Waals surface area contributed by atoms with Crippen molar-refractivity contribution in [1.82, 2.24) is 19.6 Å². The highest BCUT2D eigenvalue weighted by Gasteiger charge is 2.16. The first-order valence-electron chi connectivity index (χ1n) is 5.11. The molecule has 0 aromatic carbocycles. The average Bonchev–Trinajstić information content (AvgIpc) is 2.61. The summed E-state index contributed by atoms with van der Waals surface area (Å²) in [5, 5.41) is 3.31. The summed E-state index contributed by atoms with van der Waals surface area (Å²) in [4.78, 5) is 18.3. The van der Waals surface area contributed by atoms with Crippen LogP contribution in [0.5, 0.6) is 0 Å². The molecule has 2 rings (SSSR count). The van der Waals surface area contributed by atoms with Gasteiger partial charge in [-0.15, -0.1) is 5.10 Å². The van der Waals surface area contributed by atoms with Gasteiger partial charge in [-0.3, -0.25) is 4.79 Å². The molecule has 0 aliphatic heterocycles. The van der Waals surface area contributed by atoms with Crippen LogP contribution in [0.25, 0.3) is 5.78 Å². The molecule has 2 heterocycles. The van der Waals surface area contributed by atoms with Gasteiger partial charge in [0, 0.05) is 18.0 Å². The molecule has 0 saturated carbocycles. The quantitative estimate of drug-likeness (QED) is 0.818. The monoisotopic (exact) mass is 256 g/mol. The molecular weight excluding hydrogens is 244 g/mol. The fourth-order valence-electron chi connectivity index (χ4n) is 1.48. The van der Waals surface area contributed by atoms with E-state index in [4.69, 9.17) is 0 Å². The van der Waals surface area contributed by atoms with Crippen LogP contribution in [0, 0.1) is 0 Å². The molecule has 0 unspecified atom stereocenters. The number of aryl methyl sites for hydroxylation is 1. The third-order valence-corrected chi connectivity index (χ3v) is 3.05. The smallest absolute Gasteiger partial charge is 0.275 e. The number of fused-ring (bicyclic) bond motifs is 1. The Balaban J connectivity index is 2.69. The third-order valence-electron chi connectivity index (χ3n) is 2.22. The maximum absolute atomic E-state index is 11.7. The van der Waals surface area contributed by atoms with Gasteiger partial charge in [-0.2, -0.15) is 9.50 Å². The van der Waals surface area contributed by atoms with Gasteiger partial charge in [-0.1, -0.05) is 13.3 Å². The van der Waals surface area contributed by atoms with Gasteiger partial charge in [0.25, 0.3) is 10.7 Å². The molecule has 0 spiro atoms. The molecule has 92 valence electrons. The Kier molecular flexibility index (Phi) is 2.74. The fraction of sp³-hybridized carbons (Fsp3) is 0.444. The van der Waals surface area contributed by atoms with E-state index in [-0.39, 0.29) is 16.5 Å². The Bertz CT molecular complexity index is 713. The van der Waals surface area contributed by atoms with Gasteiger partial charge >= 0.3 is 0 Å². The molecule has 0 aliphatic carbocycles. The number of aromatic nitrogens is 4. The topological polar surface area (TPSA) is 97.2 Å². The maximum Gasteiger partial charge on any atom is 0.275 e. The minimum atomic E-state index is -3.51. The molecule has 0 fully saturated rings. The molecule has 17 heavy (non-hydrogen) atoms. The first-order chi connectivity index (χ1) is 7.91. The van der Waals surface area contributed by atoms with Crippen LogP contribution in [0.15, 0.2) is 16.0 Å². The number of aromatic amines is 1. The molecule has 8 heteroatoms. The summed E-state index contributed by atoms with van der Waals surface area (Å²) in [5.74, 6) is 0.154. The molecule has 0 radical (unpaired) electrons. The first-order valence-corrected chi connectivity index (χ1v) is 7.00. The molecule has 2 aromatic rings. The van der Waals surface area contributed by atoms with E-state index in [9.17, 15) is 13.2 Å². The van der Waals surface area contributed by atoms with Gasteiger partial charge < -0.3 is 4.98 Å². The molecule has 0 aliphatic rings. The zero-order valence-corrected chi connectivity index (χ0v) is 10.3. The molecule has 7 nitrogen and oxygen atoms in total. The van der Waals surface area contributed by atoms with E-state index in [0.717, 1.165) is 22.9 Å². The number of sulfone groups is 1. The van der Waals surface area contributed by atoms with Crippen molar-refractivity contribution in [1.29, 1.82) is 0 Å². The lowest BCUT2D eigenvalue weighted by Crippen LogP contribution is -2.16. The Hall–Kier alpha value is -1.70. The van der Waals surface area contributed by atoms with Crippen molar-refractivity contribution < 1.29 is 8.42 Å². The second-order valence-corrected chi connectivity index (χ2v) is 5.69. The molecule has 0 amide bonds. The summed E-state index contributed by atoms with van der Waals surface area (Å²) in [7, 11) is -3.51. The van der Waals surface area contributed by atoms with Crippen molar-refractivity contribution in [2.75, 3.05) is 6.26 Å². The lowest BCUT2D eigenvalue weighted by molar-refractivity contribution is 0.592. The van der Waals surface area contributed by atoms with Crippen molar-refractivity contribution in [2.24, 2.45) is 0 Å². The van der Waals surface area contributed by atoms with Gasteiger partial charge in [0.05, 0.1) is 0 Å². The standard InChI is InChI=1S/C9H12N4O3S/c1-3-4-6-5-7(14)13-8(10-6)11-9(12-13)17(2,15)16/h5H,3-4H2,1-2H3,(H,10,11,12). The number of rotatable bonds is 3. The van der Waals surface area contributed by atoms with Gasteiger partial charge in [-0.25, -0.2) is 8.42 Å². The van der Waals surface area contributed by atoms with Gasteiger partial charge in [0.2, 0.25) is 15.6 Å².